The van der Waals surface area contributed by atoms with Gasteiger partial charge >= 0.3 is 0 Å². The standard InChI is InChI=1S/C15H15IN2OS/c1-10-9-20-14(17-10)13-7-4-8-18(13)15(19)11-5-2-3-6-12(11)16/h2-3,5-6,9,13H,4,7-8H2,1H3. The lowest BCUT2D eigenvalue weighted by molar-refractivity contribution is 0.0734. The highest BCUT2D eigenvalue weighted by atomic mass is 127. The van der Waals surface area contributed by atoms with Crippen LogP contribution in [-0.4, -0.2) is 22.3 Å². The molecule has 2 aromatic rings. The van der Waals surface area contributed by atoms with Crippen molar-refractivity contribution >= 4 is 39.8 Å². The first-order valence-corrected chi connectivity index (χ1v) is 8.60. The third-order valence-corrected chi connectivity index (χ3v) is 5.54. The van der Waals surface area contributed by atoms with Crippen LogP contribution in [-0.2, 0) is 0 Å². The highest BCUT2D eigenvalue weighted by molar-refractivity contribution is 14.1. The van der Waals surface area contributed by atoms with Crippen molar-refractivity contribution in [3.05, 3.63) is 49.5 Å². The molecular weight excluding hydrogens is 383 g/mol. The van der Waals surface area contributed by atoms with Crippen molar-refractivity contribution in [2.45, 2.75) is 25.8 Å². The fourth-order valence-corrected chi connectivity index (χ4v) is 4.14. The maximum Gasteiger partial charge on any atom is 0.255 e. The summed E-state index contributed by atoms with van der Waals surface area (Å²) >= 11 is 3.89. The van der Waals surface area contributed by atoms with Crippen molar-refractivity contribution in [1.29, 1.82) is 0 Å². The number of aromatic nitrogens is 1. The summed E-state index contributed by atoms with van der Waals surface area (Å²) in [6.45, 7) is 2.83. The molecule has 3 nitrogen and oxygen atoms in total. The van der Waals surface area contributed by atoms with E-state index < -0.39 is 0 Å². The van der Waals surface area contributed by atoms with Crippen LogP contribution in [0.3, 0.4) is 0 Å². The number of halogens is 1. The van der Waals surface area contributed by atoms with Gasteiger partial charge in [0.05, 0.1) is 11.6 Å². The van der Waals surface area contributed by atoms with Gasteiger partial charge in [-0.25, -0.2) is 4.98 Å². The zero-order valence-electron chi connectivity index (χ0n) is 11.2. The summed E-state index contributed by atoms with van der Waals surface area (Å²) in [5.74, 6) is 0.130. The predicted molar refractivity (Wildman–Crippen MR) is 89.0 cm³/mol. The topological polar surface area (TPSA) is 33.2 Å². The molecule has 0 radical (unpaired) electrons. The van der Waals surface area contributed by atoms with Gasteiger partial charge in [0, 0.05) is 21.2 Å². The van der Waals surface area contributed by atoms with Crippen LogP contribution in [0.5, 0.6) is 0 Å². The van der Waals surface area contributed by atoms with Gasteiger partial charge in [0.2, 0.25) is 0 Å². The molecule has 0 N–H and O–H groups in total. The molecule has 0 bridgehead atoms. The molecule has 2 heterocycles. The summed E-state index contributed by atoms with van der Waals surface area (Å²) in [6, 6.07) is 7.93. The molecular formula is C15H15IN2OS. The van der Waals surface area contributed by atoms with Gasteiger partial charge in [-0.2, -0.15) is 0 Å². The zero-order chi connectivity index (χ0) is 14.1. The lowest BCUT2D eigenvalue weighted by atomic mass is 10.1. The molecule has 3 rings (SSSR count). The van der Waals surface area contributed by atoms with Gasteiger partial charge in [0.1, 0.15) is 5.01 Å². The first kappa shape index (κ1) is 14.0. The van der Waals surface area contributed by atoms with Crippen molar-refractivity contribution in [1.82, 2.24) is 9.88 Å². The maximum atomic E-state index is 12.8. The van der Waals surface area contributed by atoms with E-state index >= 15 is 0 Å². The number of likely N-dealkylation sites (tertiary alicyclic amines) is 1. The molecule has 1 aromatic carbocycles. The Balaban J connectivity index is 1.89. The molecule has 1 aliphatic rings. The first-order valence-electron chi connectivity index (χ1n) is 6.64. The van der Waals surface area contributed by atoms with E-state index in [9.17, 15) is 4.79 Å². The minimum atomic E-state index is 0.130. The molecule has 1 unspecified atom stereocenters. The number of thiazole rings is 1. The average molecular weight is 398 g/mol. The van der Waals surface area contributed by atoms with Gasteiger partial charge in [-0.15, -0.1) is 11.3 Å². The largest absolute Gasteiger partial charge is 0.329 e. The normalized spacial score (nSPS) is 18.5. The molecule has 1 atom stereocenters. The number of hydrogen-bond donors (Lipinski definition) is 0. The van der Waals surface area contributed by atoms with Crippen LogP contribution in [0.2, 0.25) is 0 Å². The third kappa shape index (κ3) is 2.61. The van der Waals surface area contributed by atoms with E-state index in [0.29, 0.717) is 0 Å². The molecule has 20 heavy (non-hydrogen) atoms. The summed E-state index contributed by atoms with van der Waals surface area (Å²) < 4.78 is 1.01. The molecule has 5 heteroatoms. The highest BCUT2D eigenvalue weighted by Crippen LogP contribution is 2.35. The van der Waals surface area contributed by atoms with E-state index in [1.54, 1.807) is 11.3 Å². The summed E-state index contributed by atoms with van der Waals surface area (Å²) in [5.41, 5.74) is 1.84. The molecule has 1 fully saturated rings. The summed E-state index contributed by atoms with van der Waals surface area (Å²) in [4.78, 5) is 19.3. The van der Waals surface area contributed by atoms with Gasteiger partial charge in [-0.3, -0.25) is 4.79 Å². The second kappa shape index (κ2) is 5.81. The van der Waals surface area contributed by atoms with Crippen molar-refractivity contribution in [3.63, 3.8) is 0 Å². The quantitative estimate of drug-likeness (QED) is 0.716. The van der Waals surface area contributed by atoms with Crippen LogP contribution in [0.4, 0.5) is 0 Å². The Morgan fingerprint density at radius 1 is 1.45 bits per heavy atom. The van der Waals surface area contributed by atoms with Crippen LogP contribution >= 0.6 is 33.9 Å². The number of hydrogen-bond acceptors (Lipinski definition) is 3. The molecule has 1 amide bonds. The number of carbonyl (C=O) groups excluding carboxylic acids is 1. The molecule has 1 saturated heterocycles. The van der Waals surface area contributed by atoms with Crippen molar-refractivity contribution in [2.24, 2.45) is 0 Å². The van der Waals surface area contributed by atoms with Crippen molar-refractivity contribution in [2.75, 3.05) is 6.54 Å². The van der Waals surface area contributed by atoms with E-state index in [1.165, 1.54) is 0 Å². The Labute approximate surface area is 136 Å². The monoisotopic (exact) mass is 398 g/mol. The van der Waals surface area contributed by atoms with Crippen LogP contribution in [0.1, 0.15) is 39.9 Å². The van der Waals surface area contributed by atoms with E-state index in [1.807, 2.05) is 36.1 Å². The number of benzene rings is 1. The lowest BCUT2D eigenvalue weighted by Crippen LogP contribution is -2.31. The molecule has 0 aliphatic carbocycles. The third-order valence-electron chi connectivity index (χ3n) is 3.54. The molecule has 104 valence electrons. The molecule has 1 aromatic heterocycles. The Morgan fingerprint density at radius 2 is 2.25 bits per heavy atom. The minimum absolute atomic E-state index is 0.130. The number of aryl methyl sites for hydroxylation is 1. The molecule has 0 spiro atoms. The summed E-state index contributed by atoms with van der Waals surface area (Å²) in [7, 11) is 0. The Kier molecular flexibility index (Phi) is 4.07. The van der Waals surface area contributed by atoms with Crippen LogP contribution < -0.4 is 0 Å². The van der Waals surface area contributed by atoms with Gasteiger partial charge in [0.25, 0.3) is 5.91 Å². The van der Waals surface area contributed by atoms with E-state index in [0.717, 1.165) is 39.2 Å². The predicted octanol–water partition coefficient (Wildman–Crippen LogP) is 4.03. The fourth-order valence-electron chi connectivity index (χ4n) is 2.58. The second-order valence-corrected chi connectivity index (χ2v) is 7.02. The number of nitrogens with zero attached hydrogens (tertiary/aromatic N) is 2. The smallest absolute Gasteiger partial charge is 0.255 e. The van der Waals surface area contributed by atoms with Gasteiger partial charge in [-0.05, 0) is 54.5 Å². The van der Waals surface area contributed by atoms with Crippen molar-refractivity contribution < 1.29 is 4.79 Å². The number of carbonyl (C=O) groups is 1. The average Bonchev–Trinajstić information content (AvgIpc) is 3.06. The maximum absolute atomic E-state index is 12.8. The summed E-state index contributed by atoms with van der Waals surface area (Å²) in [6.07, 6.45) is 2.07. The zero-order valence-corrected chi connectivity index (χ0v) is 14.1. The van der Waals surface area contributed by atoms with Gasteiger partial charge < -0.3 is 4.90 Å². The van der Waals surface area contributed by atoms with E-state index in [-0.39, 0.29) is 11.9 Å². The van der Waals surface area contributed by atoms with Crippen LogP contribution in [0.25, 0.3) is 0 Å². The summed E-state index contributed by atoms with van der Waals surface area (Å²) in [5, 5.41) is 3.13. The fraction of sp³-hybridized carbons (Fsp3) is 0.333. The molecule has 1 aliphatic heterocycles. The lowest BCUT2D eigenvalue weighted by Gasteiger charge is -2.23. The van der Waals surface area contributed by atoms with Gasteiger partial charge in [0.15, 0.2) is 0 Å². The SMILES string of the molecule is Cc1csc(C2CCCN2C(=O)c2ccccc2I)n1. The minimum Gasteiger partial charge on any atom is -0.329 e. The van der Waals surface area contributed by atoms with E-state index in [2.05, 4.69) is 33.0 Å². The Hall–Kier alpha value is -0.950. The number of amides is 1. The Morgan fingerprint density at radius 3 is 2.95 bits per heavy atom. The van der Waals surface area contributed by atoms with Crippen LogP contribution in [0.15, 0.2) is 29.6 Å². The molecule has 0 saturated carbocycles. The van der Waals surface area contributed by atoms with Gasteiger partial charge in [-0.1, -0.05) is 12.1 Å². The second-order valence-electron chi connectivity index (χ2n) is 4.96. The first-order chi connectivity index (χ1) is 9.66. The van der Waals surface area contributed by atoms with Crippen LogP contribution in [0, 0.1) is 10.5 Å². The van der Waals surface area contributed by atoms with E-state index in [4.69, 9.17) is 0 Å². The van der Waals surface area contributed by atoms with Crippen molar-refractivity contribution in [3.8, 4) is 0 Å². The number of rotatable bonds is 2. The Bertz CT molecular complexity index is 640. The highest BCUT2D eigenvalue weighted by Gasteiger charge is 2.32.